The van der Waals surface area contributed by atoms with Crippen molar-refractivity contribution in [3.8, 4) is 5.69 Å². The first-order valence-electron chi connectivity index (χ1n) is 12.5. The summed E-state index contributed by atoms with van der Waals surface area (Å²) in [6.45, 7) is 0. The van der Waals surface area contributed by atoms with E-state index >= 15 is 0 Å². The summed E-state index contributed by atoms with van der Waals surface area (Å²) in [4.78, 5) is 55.4. The third-order valence-electron chi connectivity index (χ3n) is 7.00. The first-order valence-corrected chi connectivity index (χ1v) is 12.5. The smallest absolute Gasteiger partial charge is 0.337 e. The van der Waals surface area contributed by atoms with E-state index in [-0.39, 0.29) is 39.8 Å². The lowest BCUT2D eigenvalue weighted by atomic mass is 9.90. The molecule has 0 spiro atoms. The van der Waals surface area contributed by atoms with E-state index in [4.69, 9.17) is 0 Å². The number of nitrogens with one attached hydrogen (secondary N) is 1. The maximum atomic E-state index is 14.1. The lowest BCUT2D eigenvalue weighted by Crippen LogP contribution is -2.45. The maximum absolute atomic E-state index is 14.1. The van der Waals surface area contributed by atoms with Gasteiger partial charge in [0.25, 0.3) is 11.5 Å². The second-order valence-corrected chi connectivity index (χ2v) is 9.47. The van der Waals surface area contributed by atoms with E-state index in [2.05, 4.69) is 15.0 Å². The van der Waals surface area contributed by atoms with E-state index in [9.17, 15) is 32.3 Å². The molecule has 12 heteroatoms. The average Bonchev–Trinajstić information content (AvgIpc) is 2.95. The minimum absolute atomic E-state index is 0.0723. The fourth-order valence-corrected chi connectivity index (χ4v) is 5.01. The van der Waals surface area contributed by atoms with Gasteiger partial charge in [-0.3, -0.25) is 14.2 Å². The molecule has 40 heavy (non-hydrogen) atoms. The van der Waals surface area contributed by atoms with Crippen LogP contribution in [-0.4, -0.2) is 39.1 Å². The van der Waals surface area contributed by atoms with Gasteiger partial charge in [-0.05, 0) is 62.1 Å². The van der Waals surface area contributed by atoms with Crippen molar-refractivity contribution in [2.24, 2.45) is 0 Å². The van der Waals surface area contributed by atoms with Gasteiger partial charge in [0.1, 0.15) is 5.82 Å². The summed E-state index contributed by atoms with van der Waals surface area (Å²) in [6, 6.07) is 8.99. The number of amides is 1. The summed E-state index contributed by atoms with van der Waals surface area (Å²) in [5, 5.41) is 2.72. The number of nitrogens with zero attached hydrogens (tertiary/aromatic N) is 3. The largest absolute Gasteiger partial charge is 0.465 e. The number of hydrogen-bond acceptors (Lipinski definition) is 6. The SMILES string of the molecule is COC(=O)c1cccc(C(=O)N[C@H]2CC[C@@H](n3c(=O)c4cc(F)cnc4n(-c4ccc(F)c(F)c4)c3=O)CC2)c1. The van der Waals surface area contributed by atoms with Crippen molar-refractivity contribution < 1.29 is 27.5 Å². The zero-order chi connectivity index (χ0) is 28.6. The van der Waals surface area contributed by atoms with Gasteiger partial charge in [-0.1, -0.05) is 6.07 Å². The lowest BCUT2D eigenvalue weighted by molar-refractivity contribution is 0.0600. The van der Waals surface area contributed by atoms with Gasteiger partial charge in [0, 0.05) is 23.7 Å². The van der Waals surface area contributed by atoms with Crippen LogP contribution in [0.4, 0.5) is 13.2 Å². The van der Waals surface area contributed by atoms with Crippen molar-refractivity contribution in [2.45, 2.75) is 37.8 Å². The van der Waals surface area contributed by atoms with Gasteiger partial charge in [-0.2, -0.15) is 0 Å². The molecule has 4 aromatic rings. The van der Waals surface area contributed by atoms with E-state index in [0.717, 1.165) is 33.5 Å². The van der Waals surface area contributed by atoms with Gasteiger partial charge in [-0.25, -0.2) is 32.3 Å². The molecule has 1 N–H and O–H groups in total. The van der Waals surface area contributed by atoms with Gasteiger partial charge in [0.05, 0.1) is 29.9 Å². The minimum Gasteiger partial charge on any atom is -0.465 e. The molecule has 1 aliphatic carbocycles. The number of hydrogen-bond donors (Lipinski definition) is 1. The Kier molecular flexibility index (Phi) is 7.24. The van der Waals surface area contributed by atoms with E-state index < -0.39 is 40.7 Å². The Morgan fingerprint density at radius 2 is 1.68 bits per heavy atom. The predicted octanol–water partition coefficient (Wildman–Crippen LogP) is 3.67. The standard InChI is InChI=1S/C28H23F3N4O5/c1-40-27(38)16-4-2-3-15(11-16)25(36)33-18-5-7-19(8-6-18)35-26(37)21-12-17(29)14-32-24(21)34(28(35)39)20-9-10-22(30)23(31)13-20/h2-4,9-14,18-19H,5-8H2,1H3,(H,33,36)/t18-,19+. The topological polar surface area (TPSA) is 112 Å². The monoisotopic (exact) mass is 552 g/mol. The molecule has 0 atom stereocenters. The average molecular weight is 553 g/mol. The van der Waals surface area contributed by atoms with E-state index in [0.29, 0.717) is 25.7 Å². The molecular weight excluding hydrogens is 529 g/mol. The second-order valence-electron chi connectivity index (χ2n) is 9.47. The number of fused-ring (bicyclic) bond motifs is 1. The van der Waals surface area contributed by atoms with E-state index in [1.807, 2.05) is 0 Å². The fraction of sp³-hybridized carbons (Fsp3) is 0.250. The number of ether oxygens (including phenoxy) is 1. The third kappa shape index (κ3) is 4.99. The first-order chi connectivity index (χ1) is 19.2. The molecule has 0 unspecified atom stereocenters. The van der Waals surface area contributed by atoms with Gasteiger partial charge >= 0.3 is 11.7 Å². The molecular formula is C28H23F3N4O5. The molecule has 1 saturated carbocycles. The van der Waals surface area contributed by atoms with Crippen LogP contribution in [0, 0.1) is 17.5 Å². The van der Waals surface area contributed by atoms with Crippen LogP contribution in [0.25, 0.3) is 16.7 Å². The number of pyridine rings is 1. The summed E-state index contributed by atoms with van der Waals surface area (Å²) in [7, 11) is 1.24. The second kappa shape index (κ2) is 10.8. The highest BCUT2D eigenvalue weighted by Crippen LogP contribution is 2.28. The first kappa shape index (κ1) is 26.9. The Morgan fingerprint density at radius 3 is 2.38 bits per heavy atom. The van der Waals surface area contributed by atoms with E-state index in [1.165, 1.54) is 25.3 Å². The zero-order valence-corrected chi connectivity index (χ0v) is 21.2. The molecule has 2 heterocycles. The van der Waals surface area contributed by atoms with Crippen molar-refractivity contribution in [2.75, 3.05) is 7.11 Å². The predicted molar refractivity (Wildman–Crippen MR) is 138 cm³/mol. The molecule has 2 aromatic heterocycles. The number of halogens is 3. The molecule has 2 aromatic carbocycles. The van der Waals surface area contributed by atoms with Crippen LogP contribution in [0.3, 0.4) is 0 Å². The number of methoxy groups -OCH3 is 1. The number of carbonyl (C=O) groups is 2. The number of rotatable bonds is 5. The van der Waals surface area contributed by atoms with Gasteiger partial charge < -0.3 is 10.1 Å². The number of benzene rings is 2. The number of esters is 1. The van der Waals surface area contributed by atoms with Crippen molar-refractivity contribution in [1.29, 1.82) is 0 Å². The summed E-state index contributed by atoms with van der Waals surface area (Å²) < 4.78 is 48.3. The van der Waals surface area contributed by atoms with Crippen LogP contribution in [0.2, 0.25) is 0 Å². The zero-order valence-electron chi connectivity index (χ0n) is 21.2. The Hall–Kier alpha value is -4.74. The molecule has 1 amide bonds. The molecule has 206 valence electrons. The van der Waals surface area contributed by atoms with Crippen LogP contribution in [0.1, 0.15) is 52.4 Å². The molecule has 0 saturated heterocycles. The Balaban J connectivity index is 1.43. The normalized spacial score (nSPS) is 17.0. The lowest BCUT2D eigenvalue weighted by Gasteiger charge is -2.30. The van der Waals surface area contributed by atoms with Crippen LogP contribution >= 0.6 is 0 Å². The van der Waals surface area contributed by atoms with Crippen LogP contribution in [0.5, 0.6) is 0 Å². The fourth-order valence-electron chi connectivity index (χ4n) is 5.01. The quantitative estimate of drug-likeness (QED) is 0.378. The number of carbonyl (C=O) groups excluding carboxylic acids is 2. The van der Waals surface area contributed by atoms with Gasteiger partial charge in [-0.15, -0.1) is 0 Å². The van der Waals surface area contributed by atoms with Gasteiger partial charge in [0.15, 0.2) is 17.3 Å². The molecule has 0 bridgehead atoms. The molecule has 1 aliphatic rings. The maximum Gasteiger partial charge on any atom is 0.337 e. The molecule has 0 radical (unpaired) electrons. The Labute approximate surface area is 224 Å². The van der Waals surface area contributed by atoms with Crippen molar-refractivity contribution in [3.63, 3.8) is 0 Å². The third-order valence-corrected chi connectivity index (χ3v) is 7.00. The highest BCUT2D eigenvalue weighted by atomic mass is 19.2. The van der Waals surface area contributed by atoms with Gasteiger partial charge in [0.2, 0.25) is 0 Å². The van der Waals surface area contributed by atoms with Crippen molar-refractivity contribution in [3.05, 3.63) is 104 Å². The highest BCUT2D eigenvalue weighted by molar-refractivity contribution is 5.98. The van der Waals surface area contributed by atoms with Crippen LogP contribution in [0.15, 0.2) is 64.3 Å². The van der Waals surface area contributed by atoms with Crippen molar-refractivity contribution >= 4 is 22.9 Å². The summed E-state index contributed by atoms with van der Waals surface area (Å²) in [5.74, 6) is -4.08. The highest BCUT2D eigenvalue weighted by Gasteiger charge is 2.28. The molecule has 0 aliphatic heterocycles. The Bertz CT molecular complexity index is 1760. The van der Waals surface area contributed by atoms with Crippen molar-refractivity contribution in [1.82, 2.24) is 19.4 Å². The minimum atomic E-state index is -1.20. The number of aromatic nitrogens is 3. The molecule has 5 rings (SSSR count). The summed E-state index contributed by atoms with van der Waals surface area (Å²) in [5.41, 5.74) is -1.32. The Morgan fingerprint density at radius 1 is 0.950 bits per heavy atom. The summed E-state index contributed by atoms with van der Waals surface area (Å²) >= 11 is 0. The molecule has 1 fully saturated rings. The van der Waals surface area contributed by atoms with Crippen LogP contribution in [-0.2, 0) is 4.74 Å². The van der Waals surface area contributed by atoms with Crippen LogP contribution < -0.4 is 16.6 Å². The summed E-state index contributed by atoms with van der Waals surface area (Å²) in [6.07, 6.45) is 2.33. The molecule has 9 nitrogen and oxygen atoms in total. The van der Waals surface area contributed by atoms with E-state index in [1.54, 1.807) is 12.1 Å².